The number of nitrogens with zero attached hydrogens (tertiary/aromatic N) is 6. The van der Waals surface area contributed by atoms with Crippen molar-refractivity contribution >= 4 is 33.6 Å². The maximum atomic E-state index is 13.4. The maximum Gasteiger partial charge on any atom is 0.280 e. The highest BCUT2D eigenvalue weighted by Crippen LogP contribution is 2.50. The Morgan fingerprint density at radius 2 is 0.781 bits per heavy atom. The van der Waals surface area contributed by atoms with E-state index in [0.29, 0.717) is 24.2 Å². The number of hydrogen-bond acceptors (Lipinski definition) is 8. The van der Waals surface area contributed by atoms with E-state index in [0.717, 1.165) is 83.5 Å². The molecule has 6 heterocycles. The van der Waals surface area contributed by atoms with Crippen LogP contribution >= 0.6 is 0 Å². The zero-order valence-corrected chi connectivity index (χ0v) is 37.7. The molecule has 8 aliphatic rings. The van der Waals surface area contributed by atoms with Crippen molar-refractivity contribution in [1.82, 2.24) is 28.9 Å². The standard InChI is InChI=1S/C27H35N3O2.C26H33N3O2.CH4/c1-17(31)26-27(32)30(25-11-3-2-10-24(25)28-26)23-15-20-8-5-9-21(16-23)29(20)22-13-18-6-4-7-19(12-18)14-22;1-16(30)25-26(31)29(24-8-3-2-7-23(24)27-25)22-14-19-9-10-20(15-22)28(19)21-12-17-5-4-6-18(11-17)13-21;/h2-3,10-11,18-23H,4-9,12-16H2,1H3;2-3,7-8,17-22H,4-6,9-15H2,1H3;1H4/t18?,19?,20-,21+,22?,23?;17?,18?,19-,20+,21?,22?;. The lowest BCUT2D eigenvalue weighted by Gasteiger charge is -2.55. The van der Waals surface area contributed by atoms with E-state index in [2.05, 4.69) is 19.8 Å². The number of fused-ring (bicyclic) bond motifs is 10. The summed E-state index contributed by atoms with van der Waals surface area (Å²) in [6.07, 6.45) is 27.5. The molecule has 6 unspecified atom stereocenters. The summed E-state index contributed by atoms with van der Waals surface area (Å²) in [4.78, 5) is 65.8. The van der Waals surface area contributed by atoms with Gasteiger partial charge in [0.15, 0.2) is 23.0 Å². The highest BCUT2D eigenvalue weighted by atomic mass is 16.2. The van der Waals surface area contributed by atoms with Gasteiger partial charge in [-0.3, -0.25) is 29.0 Å². The monoisotopic (exact) mass is 869 g/mol. The number of Topliss-reactive ketones (excluding diaryl/α,β-unsaturated/α-hetero) is 2. The summed E-state index contributed by atoms with van der Waals surface area (Å²) in [7, 11) is 0. The fraction of sp³-hybridized carbons (Fsp3) is 0.667. The van der Waals surface area contributed by atoms with Gasteiger partial charge >= 0.3 is 0 Å². The summed E-state index contributed by atoms with van der Waals surface area (Å²) >= 11 is 0. The number of carbonyl (C=O) groups excluding carboxylic acids is 2. The first kappa shape index (κ1) is 43.9. The first-order valence-corrected chi connectivity index (χ1v) is 25.3. The first-order chi connectivity index (χ1) is 30.7. The quantitative estimate of drug-likeness (QED) is 0.176. The normalized spacial score (nSPS) is 34.7. The minimum absolute atomic E-state index is 0. The molecule has 10 nitrogen and oxygen atoms in total. The van der Waals surface area contributed by atoms with E-state index in [9.17, 15) is 19.2 Å². The van der Waals surface area contributed by atoms with Gasteiger partial charge in [-0.25, -0.2) is 9.97 Å². The van der Waals surface area contributed by atoms with Gasteiger partial charge < -0.3 is 9.13 Å². The Hall–Kier alpha value is -4.02. The number of aromatic nitrogens is 4. The van der Waals surface area contributed by atoms with Crippen LogP contribution in [-0.2, 0) is 0 Å². The van der Waals surface area contributed by atoms with Crippen molar-refractivity contribution in [2.75, 3.05) is 0 Å². The molecule has 342 valence electrons. The van der Waals surface area contributed by atoms with Crippen LogP contribution in [0.25, 0.3) is 22.1 Å². The molecule has 4 saturated heterocycles. The highest BCUT2D eigenvalue weighted by molar-refractivity contribution is 5.94. The van der Waals surface area contributed by atoms with E-state index >= 15 is 0 Å². The van der Waals surface area contributed by atoms with E-state index in [4.69, 9.17) is 0 Å². The van der Waals surface area contributed by atoms with Gasteiger partial charge in [0.05, 0.1) is 22.1 Å². The smallest absolute Gasteiger partial charge is 0.280 e. The van der Waals surface area contributed by atoms with Crippen molar-refractivity contribution in [1.29, 1.82) is 0 Å². The van der Waals surface area contributed by atoms with Crippen LogP contribution in [0, 0.1) is 23.7 Å². The number of carbonyl (C=O) groups is 2. The first-order valence-electron chi connectivity index (χ1n) is 25.3. The Bertz CT molecular complexity index is 2460. The number of benzene rings is 2. The van der Waals surface area contributed by atoms with Gasteiger partial charge in [0, 0.05) is 62.2 Å². The Balaban J connectivity index is 0.000000149. The molecule has 64 heavy (non-hydrogen) atoms. The molecule has 4 aliphatic heterocycles. The molecule has 8 bridgehead atoms. The van der Waals surface area contributed by atoms with Crippen molar-refractivity contribution in [2.24, 2.45) is 23.7 Å². The van der Waals surface area contributed by atoms with Gasteiger partial charge in [0.1, 0.15) is 0 Å². The fourth-order valence-corrected chi connectivity index (χ4v) is 15.6. The fourth-order valence-electron chi connectivity index (χ4n) is 15.6. The van der Waals surface area contributed by atoms with Gasteiger partial charge in [-0.2, -0.15) is 0 Å². The number of para-hydroxylation sites is 4. The SMILES string of the molecule is C.CC(=O)c1nc2ccccc2n(C2C[C@H]3CCC[C@@H](C2)N3C2CC3CCCC(C3)C2)c1=O.CC(=O)c1nc2ccccc2n(C2C[C@H]3CC[C@@H](C2)N3C2CC3CCCC(C3)C2)c1=O. The minimum atomic E-state index is -0.237. The molecule has 0 amide bonds. The second-order valence-electron chi connectivity index (χ2n) is 21.7. The van der Waals surface area contributed by atoms with Gasteiger partial charge in [0.2, 0.25) is 0 Å². The van der Waals surface area contributed by atoms with Crippen molar-refractivity contribution in [3.05, 3.63) is 80.6 Å². The third kappa shape index (κ3) is 8.04. The van der Waals surface area contributed by atoms with Crippen molar-refractivity contribution < 1.29 is 9.59 Å². The van der Waals surface area contributed by atoms with E-state index in [1.54, 1.807) is 0 Å². The zero-order valence-electron chi connectivity index (χ0n) is 37.7. The summed E-state index contributed by atoms with van der Waals surface area (Å²) in [6.45, 7) is 2.91. The summed E-state index contributed by atoms with van der Waals surface area (Å²) in [5.41, 5.74) is 3.06. The predicted octanol–water partition coefficient (Wildman–Crippen LogP) is 10.5. The predicted molar refractivity (Wildman–Crippen MR) is 254 cm³/mol. The van der Waals surface area contributed by atoms with Crippen LogP contribution in [0.1, 0.15) is 189 Å². The van der Waals surface area contributed by atoms with E-state index in [1.165, 1.54) is 123 Å². The third-order valence-corrected chi connectivity index (χ3v) is 17.8. The molecule has 0 radical (unpaired) electrons. The lowest BCUT2D eigenvalue weighted by atomic mass is 9.68. The molecule has 12 rings (SSSR count). The Morgan fingerprint density at radius 3 is 1.16 bits per heavy atom. The lowest BCUT2D eigenvalue weighted by molar-refractivity contribution is -0.0486. The molecule has 8 fully saturated rings. The Labute approximate surface area is 379 Å². The summed E-state index contributed by atoms with van der Waals surface area (Å²) < 4.78 is 3.87. The molecule has 4 aromatic rings. The molecule has 4 saturated carbocycles. The Kier molecular flexibility index (Phi) is 12.3. The summed E-state index contributed by atoms with van der Waals surface area (Å²) in [5.74, 6) is 3.30. The Morgan fingerprint density at radius 1 is 0.438 bits per heavy atom. The third-order valence-electron chi connectivity index (χ3n) is 17.8. The molecule has 10 atom stereocenters. The molecular formula is C54H72N6O4. The highest BCUT2D eigenvalue weighted by Gasteiger charge is 2.48. The maximum absolute atomic E-state index is 13.4. The molecule has 4 aliphatic carbocycles. The molecular weight excluding hydrogens is 797 g/mol. The van der Waals surface area contributed by atoms with Crippen LogP contribution < -0.4 is 11.1 Å². The van der Waals surface area contributed by atoms with Gasteiger partial charge in [-0.15, -0.1) is 0 Å². The van der Waals surface area contributed by atoms with E-state index in [1.807, 2.05) is 57.7 Å². The second-order valence-corrected chi connectivity index (χ2v) is 21.7. The molecule has 0 spiro atoms. The van der Waals surface area contributed by atoms with Crippen LogP contribution in [0.3, 0.4) is 0 Å². The van der Waals surface area contributed by atoms with Crippen LogP contribution in [-0.4, -0.2) is 76.7 Å². The van der Waals surface area contributed by atoms with Crippen LogP contribution in [0.4, 0.5) is 0 Å². The van der Waals surface area contributed by atoms with Crippen molar-refractivity contribution in [3.63, 3.8) is 0 Å². The minimum Gasteiger partial charge on any atom is -0.302 e. The number of piperidine rings is 3. The van der Waals surface area contributed by atoms with Gasteiger partial charge in [-0.1, -0.05) is 76.6 Å². The van der Waals surface area contributed by atoms with Crippen molar-refractivity contribution in [2.45, 2.75) is 204 Å². The molecule has 10 heteroatoms. The zero-order chi connectivity index (χ0) is 42.9. The number of ketones is 2. The molecule has 2 aromatic carbocycles. The average molecular weight is 869 g/mol. The van der Waals surface area contributed by atoms with Gasteiger partial charge in [-0.05, 0) is 138 Å². The number of hydrogen-bond donors (Lipinski definition) is 0. The van der Waals surface area contributed by atoms with E-state index in [-0.39, 0.29) is 53.6 Å². The molecule has 0 N–H and O–H groups in total. The molecule has 2 aromatic heterocycles. The topological polar surface area (TPSA) is 110 Å². The van der Waals surface area contributed by atoms with Crippen LogP contribution in [0.2, 0.25) is 0 Å². The van der Waals surface area contributed by atoms with Crippen molar-refractivity contribution in [3.8, 4) is 0 Å². The largest absolute Gasteiger partial charge is 0.302 e. The lowest BCUT2D eigenvalue weighted by Crippen LogP contribution is -2.58. The second kappa shape index (κ2) is 18.0. The number of rotatable bonds is 6. The van der Waals surface area contributed by atoms with E-state index < -0.39 is 0 Å². The summed E-state index contributed by atoms with van der Waals surface area (Å²) in [6, 6.07) is 19.7. The average Bonchev–Trinajstić information content (AvgIpc) is 3.54. The van der Waals surface area contributed by atoms with Crippen LogP contribution in [0.15, 0.2) is 58.1 Å². The van der Waals surface area contributed by atoms with Crippen LogP contribution in [0.5, 0.6) is 0 Å². The summed E-state index contributed by atoms with van der Waals surface area (Å²) in [5, 5.41) is 0. The van der Waals surface area contributed by atoms with Gasteiger partial charge in [0.25, 0.3) is 11.1 Å².